The number of halogens is 1. The monoisotopic (exact) mass is 400 g/mol. The highest BCUT2D eigenvalue weighted by Crippen LogP contribution is 2.25. The van der Waals surface area contributed by atoms with Crippen molar-refractivity contribution < 1.29 is 18.7 Å². The van der Waals surface area contributed by atoms with Crippen LogP contribution in [0.4, 0.5) is 4.39 Å². The molecule has 2 aromatic rings. The molecule has 1 N–H and O–H groups in total. The molecule has 0 saturated heterocycles. The first-order chi connectivity index (χ1) is 13.9. The van der Waals surface area contributed by atoms with E-state index in [9.17, 15) is 14.0 Å². The van der Waals surface area contributed by atoms with Crippen molar-refractivity contribution in [3.63, 3.8) is 0 Å². The molecule has 0 radical (unpaired) electrons. The smallest absolute Gasteiger partial charge is 0.247 e. The highest BCUT2D eigenvalue weighted by Gasteiger charge is 2.32. The second-order valence-electron chi connectivity index (χ2n) is 7.20. The summed E-state index contributed by atoms with van der Waals surface area (Å²) < 4.78 is 18.3. The van der Waals surface area contributed by atoms with Crippen LogP contribution in [-0.2, 0) is 20.9 Å². The van der Waals surface area contributed by atoms with Gasteiger partial charge in [-0.15, -0.1) is 0 Å². The topological polar surface area (TPSA) is 58.6 Å². The van der Waals surface area contributed by atoms with Crippen LogP contribution in [0.25, 0.3) is 0 Å². The highest BCUT2D eigenvalue weighted by molar-refractivity contribution is 5.89. The number of amides is 2. The number of nitrogens with one attached hydrogen (secondary N) is 1. The van der Waals surface area contributed by atoms with Crippen LogP contribution in [0.1, 0.15) is 37.4 Å². The summed E-state index contributed by atoms with van der Waals surface area (Å²) in [6.45, 7) is 4.82. The van der Waals surface area contributed by atoms with Gasteiger partial charge in [-0.1, -0.05) is 56.3 Å². The summed E-state index contributed by atoms with van der Waals surface area (Å²) in [6, 6.07) is 14.4. The fourth-order valence-corrected chi connectivity index (χ4v) is 3.05. The van der Waals surface area contributed by atoms with E-state index in [-0.39, 0.29) is 30.1 Å². The maximum absolute atomic E-state index is 13.3. The van der Waals surface area contributed by atoms with Crippen LogP contribution in [0.3, 0.4) is 0 Å². The minimum atomic E-state index is -0.779. The van der Waals surface area contributed by atoms with Crippen LogP contribution >= 0.6 is 0 Å². The Morgan fingerprint density at radius 2 is 1.72 bits per heavy atom. The minimum absolute atomic E-state index is 0.143. The van der Waals surface area contributed by atoms with Gasteiger partial charge >= 0.3 is 0 Å². The van der Waals surface area contributed by atoms with Crippen molar-refractivity contribution in [1.29, 1.82) is 0 Å². The van der Waals surface area contributed by atoms with Crippen LogP contribution in [-0.4, -0.2) is 37.0 Å². The quantitative estimate of drug-likeness (QED) is 0.619. The largest absolute Gasteiger partial charge is 0.385 e. The maximum Gasteiger partial charge on any atom is 0.247 e. The minimum Gasteiger partial charge on any atom is -0.385 e. The second-order valence-corrected chi connectivity index (χ2v) is 7.20. The molecule has 5 nitrogen and oxygen atoms in total. The van der Waals surface area contributed by atoms with Crippen LogP contribution in [0.2, 0.25) is 0 Å². The van der Waals surface area contributed by atoms with Crippen molar-refractivity contribution in [3.05, 3.63) is 71.5 Å². The molecule has 2 aromatic carbocycles. The van der Waals surface area contributed by atoms with E-state index in [1.165, 1.54) is 12.1 Å². The third-order valence-electron chi connectivity index (χ3n) is 4.54. The fraction of sp³-hybridized carbons (Fsp3) is 0.391. The summed E-state index contributed by atoms with van der Waals surface area (Å²) in [4.78, 5) is 27.7. The summed E-state index contributed by atoms with van der Waals surface area (Å²) in [5.41, 5.74) is 1.49. The summed E-state index contributed by atoms with van der Waals surface area (Å²) in [5.74, 6) is -1.02. The summed E-state index contributed by atoms with van der Waals surface area (Å²) in [7, 11) is 1.61. The number of benzene rings is 2. The molecule has 29 heavy (non-hydrogen) atoms. The van der Waals surface area contributed by atoms with E-state index in [0.717, 1.165) is 11.1 Å². The Balaban J connectivity index is 2.35. The normalized spacial score (nSPS) is 11.9. The molecule has 0 spiro atoms. The van der Waals surface area contributed by atoms with Crippen molar-refractivity contribution >= 4 is 11.8 Å². The average Bonchev–Trinajstić information content (AvgIpc) is 2.72. The molecule has 2 amide bonds. The van der Waals surface area contributed by atoms with Gasteiger partial charge in [0.25, 0.3) is 0 Å². The van der Waals surface area contributed by atoms with E-state index in [0.29, 0.717) is 19.6 Å². The van der Waals surface area contributed by atoms with E-state index in [1.54, 1.807) is 38.0 Å². The first kappa shape index (κ1) is 22.6. The summed E-state index contributed by atoms with van der Waals surface area (Å²) >= 11 is 0. The molecule has 2 rings (SSSR count). The Morgan fingerprint density at radius 1 is 1.07 bits per heavy atom. The standard InChI is InChI=1S/C23H29FN2O3/c1-17(2)23(28)26(16-18-10-12-20(24)13-11-18)21(19-8-5-4-6-9-19)22(27)25-14-7-15-29-3/h4-6,8-13,17,21H,7,14-16H2,1-3H3,(H,25,27)/t21-/m0/s1. The van der Waals surface area contributed by atoms with Gasteiger partial charge in [-0.25, -0.2) is 4.39 Å². The molecule has 6 heteroatoms. The number of methoxy groups -OCH3 is 1. The molecule has 1 atom stereocenters. The molecule has 0 bridgehead atoms. The van der Waals surface area contributed by atoms with Gasteiger partial charge in [-0.2, -0.15) is 0 Å². The Hall–Kier alpha value is -2.73. The molecule has 0 aliphatic carbocycles. The van der Waals surface area contributed by atoms with E-state index in [1.807, 2.05) is 30.3 Å². The van der Waals surface area contributed by atoms with Crippen molar-refractivity contribution in [3.8, 4) is 0 Å². The first-order valence-electron chi connectivity index (χ1n) is 9.80. The molecule has 0 aromatic heterocycles. The lowest BCUT2D eigenvalue weighted by molar-refractivity contribution is -0.144. The lowest BCUT2D eigenvalue weighted by Gasteiger charge is -2.33. The number of ether oxygens (including phenoxy) is 1. The number of hydrogen-bond donors (Lipinski definition) is 1. The first-order valence-corrected chi connectivity index (χ1v) is 9.80. The number of hydrogen-bond acceptors (Lipinski definition) is 3. The molecule has 0 fully saturated rings. The molecule has 0 heterocycles. The van der Waals surface area contributed by atoms with Crippen LogP contribution in [0.15, 0.2) is 54.6 Å². The number of carbonyl (C=O) groups is 2. The summed E-state index contributed by atoms with van der Waals surface area (Å²) in [6.07, 6.45) is 0.680. The van der Waals surface area contributed by atoms with Crippen LogP contribution in [0, 0.1) is 11.7 Å². The predicted octanol–water partition coefficient (Wildman–Crippen LogP) is 3.70. The van der Waals surface area contributed by atoms with Crippen molar-refractivity contribution in [2.75, 3.05) is 20.3 Å². The molecule has 0 saturated carbocycles. The van der Waals surface area contributed by atoms with Gasteiger partial charge < -0.3 is 15.0 Å². The third-order valence-corrected chi connectivity index (χ3v) is 4.54. The molecule has 0 unspecified atom stereocenters. The van der Waals surface area contributed by atoms with Gasteiger partial charge in [0.2, 0.25) is 11.8 Å². The molecule has 0 aliphatic rings. The molecular formula is C23H29FN2O3. The van der Waals surface area contributed by atoms with Gasteiger partial charge in [0.1, 0.15) is 11.9 Å². The van der Waals surface area contributed by atoms with Crippen LogP contribution in [0.5, 0.6) is 0 Å². The molecular weight excluding hydrogens is 371 g/mol. The van der Waals surface area contributed by atoms with E-state index < -0.39 is 6.04 Å². The number of nitrogens with zero attached hydrogens (tertiary/aromatic N) is 1. The van der Waals surface area contributed by atoms with Crippen molar-refractivity contribution in [2.45, 2.75) is 32.9 Å². The Bertz CT molecular complexity index is 778. The van der Waals surface area contributed by atoms with E-state index in [4.69, 9.17) is 4.74 Å². The van der Waals surface area contributed by atoms with Gasteiger partial charge in [-0.05, 0) is 29.7 Å². The zero-order valence-electron chi connectivity index (χ0n) is 17.2. The van der Waals surface area contributed by atoms with Crippen molar-refractivity contribution in [2.24, 2.45) is 5.92 Å². The van der Waals surface area contributed by atoms with Crippen LogP contribution < -0.4 is 5.32 Å². The van der Waals surface area contributed by atoms with E-state index >= 15 is 0 Å². The van der Waals surface area contributed by atoms with Gasteiger partial charge in [0.05, 0.1) is 0 Å². The predicted molar refractivity (Wildman–Crippen MR) is 110 cm³/mol. The zero-order chi connectivity index (χ0) is 21.2. The highest BCUT2D eigenvalue weighted by atomic mass is 19.1. The third kappa shape index (κ3) is 6.68. The van der Waals surface area contributed by atoms with Crippen molar-refractivity contribution in [1.82, 2.24) is 10.2 Å². The zero-order valence-corrected chi connectivity index (χ0v) is 17.2. The second kappa shape index (κ2) is 11.3. The maximum atomic E-state index is 13.3. The number of carbonyl (C=O) groups excluding carboxylic acids is 2. The van der Waals surface area contributed by atoms with Gasteiger partial charge in [-0.3, -0.25) is 9.59 Å². The lowest BCUT2D eigenvalue weighted by atomic mass is 10.0. The Morgan fingerprint density at radius 3 is 2.31 bits per heavy atom. The number of rotatable bonds is 10. The van der Waals surface area contributed by atoms with E-state index in [2.05, 4.69) is 5.32 Å². The average molecular weight is 400 g/mol. The Kier molecular flexibility index (Phi) is 8.80. The molecule has 156 valence electrons. The Labute approximate surface area is 171 Å². The summed E-state index contributed by atoms with van der Waals surface area (Å²) in [5, 5.41) is 2.91. The van der Waals surface area contributed by atoms with Gasteiger partial charge in [0, 0.05) is 32.7 Å². The SMILES string of the molecule is COCCCNC(=O)[C@H](c1ccccc1)N(Cc1ccc(F)cc1)C(=O)C(C)C. The molecule has 0 aliphatic heterocycles. The van der Waals surface area contributed by atoms with Gasteiger partial charge in [0.15, 0.2) is 0 Å². The fourth-order valence-electron chi connectivity index (χ4n) is 3.05. The lowest BCUT2D eigenvalue weighted by Crippen LogP contribution is -2.45.